The summed E-state index contributed by atoms with van der Waals surface area (Å²) in [5, 5.41) is 0. The van der Waals surface area contributed by atoms with Crippen molar-refractivity contribution in [3.8, 4) is 5.75 Å². The predicted octanol–water partition coefficient (Wildman–Crippen LogP) is 3.05. The molecule has 0 fully saturated rings. The second-order valence-electron chi connectivity index (χ2n) is 3.99. The summed E-state index contributed by atoms with van der Waals surface area (Å²) in [6, 6.07) is 3.85. The smallest absolute Gasteiger partial charge is 0.313 e. The topological polar surface area (TPSA) is 35.5 Å². The van der Waals surface area contributed by atoms with Gasteiger partial charge in [-0.05, 0) is 37.5 Å². The third kappa shape index (κ3) is 2.18. The third-order valence-corrected chi connectivity index (χ3v) is 3.83. The molecule has 0 saturated carbocycles. The first kappa shape index (κ1) is 12.4. The summed E-state index contributed by atoms with van der Waals surface area (Å²) in [7, 11) is 1.63. The summed E-state index contributed by atoms with van der Waals surface area (Å²) in [4.78, 5) is 11.9. The van der Waals surface area contributed by atoms with Gasteiger partial charge in [0.25, 0.3) is 0 Å². The molecule has 3 nitrogen and oxygen atoms in total. The van der Waals surface area contributed by atoms with Gasteiger partial charge in [-0.3, -0.25) is 4.79 Å². The van der Waals surface area contributed by atoms with Crippen molar-refractivity contribution in [2.24, 2.45) is 0 Å². The van der Waals surface area contributed by atoms with Crippen LogP contribution in [0.5, 0.6) is 5.75 Å². The Bertz CT molecular complexity index is 443. The van der Waals surface area contributed by atoms with Crippen LogP contribution in [0.15, 0.2) is 16.6 Å². The Morgan fingerprint density at radius 1 is 1.53 bits per heavy atom. The van der Waals surface area contributed by atoms with Crippen molar-refractivity contribution in [3.63, 3.8) is 0 Å². The van der Waals surface area contributed by atoms with Gasteiger partial charge in [-0.1, -0.05) is 15.9 Å². The standard InChI is InChI=1S/C13H15BrO3/c1-3-17-13(15)9-5-4-8-10(14)6-7-11(16-2)12(8)9/h6-7,9H,3-5H2,1-2H3. The summed E-state index contributed by atoms with van der Waals surface area (Å²) in [5.41, 5.74) is 2.16. The highest BCUT2D eigenvalue weighted by Gasteiger charge is 2.33. The number of ether oxygens (including phenoxy) is 2. The minimum atomic E-state index is -0.183. The molecule has 1 aliphatic carbocycles. The molecule has 1 aliphatic rings. The molecule has 0 radical (unpaired) electrons. The minimum absolute atomic E-state index is 0.150. The number of hydrogen-bond acceptors (Lipinski definition) is 3. The van der Waals surface area contributed by atoms with Crippen LogP contribution in [0.25, 0.3) is 0 Å². The van der Waals surface area contributed by atoms with E-state index in [1.54, 1.807) is 7.11 Å². The van der Waals surface area contributed by atoms with Crippen molar-refractivity contribution in [3.05, 3.63) is 27.7 Å². The molecule has 1 aromatic carbocycles. The van der Waals surface area contributed by atoms with Crippen LogP contribution in [0.2, 0.25) is 0 Å². The van der Waals surface area contributed by atoms with Crippen LogP contribution in [-0.4, -0.2) is 19.7 Å². The molecule has 1 atom stereocenters. The fourth-order valence-corrected chi connectivity index (χ4v) is 2.89. The molecular formula is C13H15BrO3. The Kier molecular flexibility index (Phi) is 3.72. The van der Waals surface area contributed by atoms with Crippen molar-refractivity contribution in [1.82, 2.24) is 0 Å². The van der Waals surface area contributed by atoms with Crippen molar-refractivity contribution >= 4 is 21.9 Å². The van der Waals surface area contributed by atoms with Crippen LogP contribution in [0, 0.1) is 0 Å². The molecule has 0 aromatic heterocycles. The highest BCUT2D eigenvalue weighted by atomic mass is 79.9. The first-order valence-electron chi connectivity index (χ1n) is 5.71. The Balaban J connectivity index is 2.41. The zero-order valence-corrected chi connectivity index (χ0v) is 11.5. The van der Waals surface area contributed by atoms with Crippen LogP contribution in [-0.2, 0) is 16.0 Å². The van der Waals surface area contributed by atoms with E-state index in [0.717, 1.165) is 28.6 Å². The van der Waals surface area contributed by atoms with Gasteiger partial charge in [-0.2, -0.15) is 0 Å². The van der Waals surface area contributed by atoms with Crippen molar-refractivity contribution in [2.75, 3.05) is 13.7 Å². The summed E-state index contributed by atoms with van der Waals surface area (Å²) in [5.74, 6) is 0.443. The molecular weight excluding hydrogens is 284 g/mol. The van der Waals surface area contributed by atoms with E-state index in [4.69, 9.17) is 9.47 Å². The Morgan fingerprint density at radius 2 is 2.29 bits per heavy atom. The number of esters is 1. The predicted molar refractivity (Wildman–Crippen MR) is 68.4 cm³/mol. The molecule has 0 bridgehead atoms. The van der Waals surface area contributed by atoms with Gasteiger partial charge in [0.1, 0.15) is 5.75 Å². The number of halogens is 1. The molecule has 2 rings (SSSR count). The van der Waals surface area contributed by atoms with Crippen molar-refractivity contribution in [2.45, 2.75) is 25.7 Å². The maximum absolute atomic E-state index is 11.9. The Labute approximate surface area is 109 Å². The van der Waals surface area contributed by atoms with Gasteiger partial charge in [-0.15, -0.1) is 0 Å². The van der Waals surface area contributed by atoms with Crippen LogP contribution >= 0.6 is 15.9 Å². The summed E-state index contributed by atoms with van der Waals surface area (Å²) >= 11 is 3.52. The number of rotatable bonds is 3. The van der Waals surface area contributed by atoms with Gasteiger partial charge in [0.05, 0.1) is 19.6 Å². The Hall–Kier alpha value is -1.03. The molecule has 0 aliphatic heterocycles. The zero-order chi connectivity index (χ0) is 12.4. The Morgan fingerprint density at radius 3 is 2.94 bits per heavy atom. The van der Waals surface area contributed by atoms with E-state index in [2.05, 4.69) is 15.9 Å². The minimum Gasteiger partial charge on any atom is -0.496 e. The number of carbonyl (C=O) groups excluding carboxylic acids is 1. The van der Waals surface area contributed by atoms with Gasteiger partial charge in [0, 0.05) is 10.0 Å². The van der Waals surface area contributed by atoms with Crippen LogP contribution in [0.3, 0.4) is 0 Å². The highest BCUT2D eigenvalue weighted by Crippen LogP contribution is 2.43. The molecule has 1 aromatic rings. The monoisotopic (exact) mass is 298 g/mol. The van der Waals surface area contributed by atoms with E-state index < -0.39 is 0 Å². The lowest BCUT2D eigenvalue weighted by molar-refractivity contribution is -0.144. The molecule has 0 amide bonds. The fourth-order valence-electron chi connectivity index (χ4n) is 2.34. The average molecular weight is 299 g/mol. The van der Waals surface area contributed by atoms with Gasteiger partial charge >= 0.3 is 5.97 Å². The van der Waals surface area contributed by atoms with E-state index in [0.29, 0.717) is 6.61 Å². The van der Waals surface area contributed by atoms with Gasteiger partial charge < -0.3 is 9.47 Å². The molecule has 92 valence electrons. The van der Waals surface area contributed by atoms with Crippen LogP contribution in [0.1, 0.15) is 30.4 Å². The molecule has 17 heavy (non-hydrogen) atoms. The number of fused-ring (bicyclic) bond motifs is 1. The number of methoxy groups -OCH3 is 1. The summed E-state index contributed by atoms with van der Waals surface area (Å²) < 4.78 is 11.5. The molecule has 0 saturated heterocycles. The molecule has 4 heteroatoms. The van der Waals surface area contributed by atoms with E-state index >= 15 is 0 Å². The molecule has 0 spiro atoms. The van der Waals surface area contributed by atoms with Crippen molar-refractivity contribution < 1.29 is 14.3 Å². The molecule has 1 unspecified atom stereocenters. The van der Waals surface area contributed by atoms with Gasteiger partial charge in [-0.25, -0.2) is 0 Å². The number of hydrogen-bond donors (Lipinski definition) is 0. The third-order valence-electron chi connectivity index (χ3n) is 3.08. The van der Waals surface area contributed by atoms with E-state index in [9.17, 15) is 4.79 Å². The first-order valence-corrected chi connectivity index (χ1v) is 6.50. The maximum Gasteiger partial charge on any atom is 0.313 e. The normalized spacial score (nSPS) is 17.7. The van der Waals surface area contributed by atoms with E-state index in [1.165, 1.54) is 5.56 Å². The second kappa shape index (κ2) is 5.08. The lowest BCUT2D eigenvalue weighted by Gasteiger charge is -2.14. The van der Waals surface area contributed by atoms with E-state index in [-0.39, 0.29) is 11.9 Å². The van der Waals surface area contributed by atoms with E-state index in [1.807, 2.05) is 19.1 Å². The average Bonchev–Trinajstić information content (AvgIpc) is 2.75. The second-order valence-corrected chi connectivity index (χ2v) is 4.84. The lowest BCUT2D eigenvalue weighted by atomic mass is 10.0. The zero-order valence-electron chi connectivity index (χ0n) is 9.96. The number of carbonyl (C=O) groups is 1. The highest BCUT2D eigenvalue weighted by molar-refractivity contribution is 9.10. The van der Waals surface area contributed by atoms with Crippen LogP contribution in [0.4, 0.5) is 0 Å². The first-order chi connectivity index (χ1) is 8.19. The van der Waals surface area contributed by atoms with Gasteiger partial charge in [0.2, 0.25) is 0 Å². The summed E-state index contributed by atoms with van der Waals surface area (Å²) in [6.07, 6.45) is 1.68. The lowest BCUT2D eigenvalue weighted by Crippen LogP contribution is -2.14. The maximum atomic E-state index is 11.9. The molecule has 0 N–H and O–H groups in total. The fraction of sp³-hybridized carbons (Fsp3) is 0.462. The summed E-state index contributed by atoms with van der Waals surface area (Å²) in [6.45, 7) is 2.24. The number of benzene rings is 1. The molecule has 0 heterocycles. The quantitative estimate of drug-likeness (QED) is 0.805. The SMILES string of the molecule is CCOC(=O)C1CCc2c(Br)ccc(OC)c21. The van der Waals surface area contributed by atoms with Gasteiger partial charge in [0.15, 0.2) is 0 Å². The van der Waals surface area contributed by atoms with Crippen molar-refractivity contribution in [1.29, 1.82) is 0 Å². The largest absolute Gasteiger partial charge is 0.496 e. The van der Waals surface area contributed by atoms with Crippen LogP contribution < -0.4 is 4.74 Å².